The number of likely N-dealkylation sites (tertiary alicyclic amines) is 1. The minimum atomic E-state index is -0.376. The summed E-state index contributed by atoms with van der Waals surface area (Å²) in [7, 11) is 0. The van der Waals surface area contributed by atoms with E-state index in [1.807, 2.05) is 0 Å². The normalized spacial score (nSPS) is 23.5. The molecule has 5 heteroatoms. The van der Waals surface area contributed by atoms with Crippen LogP contribution in [0, 0.1) is 15.3 Å². The van der Waals surface area contributed by atoms with Gasteiger partial charge in [-0.1, -0.05) is 6.92 Å². The molecule has 1 saturated heterocycles. The van der Waals surface area contributed by atoms with Gasteiger partial charge in [0.25, 0.3) is 5.91 Å². The monoisotopic (exact) mass is 376 g/mol. The van der Waals surface area contributed by atoms with Gasteiger partial charge in [-0.05, 0) is 59.5 Å². The lowest BCUT2D eigenvalue weighted by atomic mass is 9.92. The summed E-state index contributed by atoms with van der Waals surface area (Å²) in [6.45, 7) is 3.34. The molecule has 0 aliphatic carbocycles. The minimum Gasteiger partial charge on any atom is -0.334 e. The van der Waals surface area contributed by atoms with Gasteiger partial charge in [-0.25, -0.2) is 4.39 Å². The van der Waals surface area contributed by atoms with Gasteiger partial charge in [-0.3, -0.25) is 4.79 Å². The van der Waals surface area contributed by atoms with Gasteiger partial charge in [0.15, 0.2) is 0 Å². The van der Waals surface area contributed by atoms with Gasteiger partial charge in [0.05, 0.1) is 5.56 Å². The van der Waals surface area contributed by atoms with Crippen LogP contribution in [-0.2, 0) is 0 Å². The molecule has 2 rings (SSSR count). The van der Waals surface area contributed by atoms with Crippen LogP contribution in [0.15, 0.2) is 18.2 Å². The first-order chi connectivity index (χ1) is 9.02. The van der Waals surface area contributed by atoms with Crippen molar-refractivity contribution in [2.24, 2.45) is 11.7 Å². The van der Waals surface area contributed by atoms with Crippen molar-refractivity contribution in [1.29, 1.82) is 0 Å². The number of halogens is 2. The summed E-state index contributed by atoms with van der Waals surface area (Å²) in [4.78, 5) is 14.4. The second-order valence-electron chi connectivity index (χ2n) is 5.14. The highest BCUT2D eigenvalue weighted by Crippen LogP contribution is 2.25. The number of carbonyl (C=O) groups is 1. The van der Waals surface area contributed by atoms with Crippen LogP contribution in [0.4, 0.5) is 4.39 Å². The molecule has 2 N–H and O–H groups in total. The maximum Gasteiger partial charge on any atom is 0.255 e. The zero-order valence-electron chi connectivity index (χ0n) is 10.9. The van der Waals surface area contributed by atoms with Crippen LogP contribution in [-0.4, -0.2) is 29.9 Å². The van der Waals surface area contributed by atoms with Crippen molar-refractivity contribution in [1.82, 2.24) is 4.90 Å². The zero-order valence-corrected chi connectivity index (χ0v) is 13.1. The number of amides is 1. The van der Waals surface area contributed by atoms with E-state index < -0.39 is 0 Å². The molecule has 0 bridgehead atoms. The molecule has 1 aliphatic rings. The average Bonchev–Trinajstić information content (AvgIpc) is 2.40. The second kappa shape index (κ2) is 6.17. The molecule has 104 valence electrons. The van der Waals surface area contributed by atoms with E-state index >= 15 is 0 Å². The first kappa shape index (κ1) is 14.7. The third kappa shape index (κ3) is 3.25. The van der Waals surface area contributed by atoms with Gasteiger partial charge in [-0.15, -0.1) is 0 Å². The molecule has 2 unspecified atom stereocenters. The lowest BCUT2D eigenvalue weighted by Gasteiger charge is -2.38. The molecule has 1 aromatic carbocycles. The summed E-state index contributed by atoms with van der Waals surface area (Å²) in [5.41, 5.74) is 6.21. The maximum absolute atomic E-state index is 13.3. The third-order valence-electron chi connectivity index (χ3n) is 3.67. The largest absolute Gasteiger partial charge is 0.334 e. The van der Waals surface area contributed by atoms with E-state index in [4.69, 9.17) is 5.73 Å². The molecule has 0 aromatic heterocycles. The summed E-state index contributed by atoms with van der Waals surface area (Å²) >= 11 is 2.07. The number of rotatable bonds is 2. The SMILES string of the molecule is CC1CCN(C(=O)c2cc(F)ccc2I)C(CN)C1. The number of hydrogen-bond acceptors (Lipinski definition) is 2. The number of carbonyl (C=O) groups excluding carboxylic acids is 1. The van der Waals surface area contributed by atoms with Crippen LogP contribution >= 0.6 is 22.6 Å². The molecular weight excluding hydrogens is 358 g/mol. The van der Waals surface area contributed by atoms with Crippen molar-refractivity contribution in [3.05, 3.63) is 33.1 Å². The Morgan fingerprint density at radius 2 is 2.32 bits per heavy atom. The predicted octanol–water partition coefficient (Wildman–Crippen LogP) is 2.63. The summed E-state index contributed by atoms with van der Waals surface area (Å²) in [6, 6.07) is 4.38. The third-order valence-corrected chi connectivity index (χ3v) is 4.61. The molecule has 0 spiro atoms. The van der Waals surface area contributed by atoms with Gasteiger partial charge in [0.1, 0.15) is 5.82 Å². The van der Waals surface area contributed by atoms with E-state index in [2.05, 4.69) is 29.5 Å². The van der Waals surface area contributed by atoms with Gasteiger partial charge >= 0.3 is 0 Å². The van der Waals surface area contributed by atoms with Crippen LogP contribution in [0.25, 0.3) is 0 Å². The molecule has 1 fully saturated rings. The number of hydrogen-bond donors (Lipinski definition) is 1. The summed E-state index contributed by atoms with van der Waals surface area (Å²) in [5.74, 6) is 0.105. The molecule has 1 aromatic rings. The van der Waals surface area contributed by atoms with Crippen molar-refractivity contribution in [3.63, 3.8) is 0 Å². The molecule has 1 heterocycles. The fourth-order valence-electron chi connectivity index (χ4n) is 2.56. The highest BCUT2D eigenvalue weighted by atomic mass is 127. The molecular formula is C14H18FIN2O. The molecule has 1 amide bonds. The number of piperidine rings is 1. The Morgan fingerprint density at radius 1 is 1.58 bits per heavy atom. The Labute approximate surface area is 126 Å². The Kier molecular flexibility index (Phi) is 4.78. The van der Waals surface area contributed by atoms with E-state index in [-0.39, 0.29) is 17.8 Å². The predicted molar refractivity (Wildman–Crippen MR) is 81.4 cm³/mol. The second-order valence-corrected chi connectivity index (χ2v) is 6.30. The van der Waals surface area contributed by atoms with Gasteiger partial charge < -0.3 is 10.6 Å². The lowest BCUT2D eigenvalue weighted by molar-refractivity contribution is 0.0572. The summed E-state index contributed by atoms with van der Waals surface area (Å²) in [6.07, 6.45) is 1.91. The molecule has 2 atom stereocenters. The van der Waals surface area contributed by atoms with Crippen LogP contribution in [0.1, 0.15) is 30.1 Å². The Hall–Kier alpha value is -0.690. The molecule has 19 heavy (non-hydrogen) atoms. The van der Waals surface area contributed by atoms with Crippen LogP contribution in [0.3, 0.4) is 0 Å². The zero-order chi connectivity index (χ0) is 14.0. The van der Waals surface area contributed by atoms with Gasteiger partial charge in [-0.2, -0.15) is 0 Å². The van der Waals surface area contributed by atoms with Crippen molar-refractivity contribution in [2.75, 3.05) is 13.1 Å². The standard InChI is InChI=1S/C14H18FIN2O/c1-9-4-5-18(11(6-9)8-17)14(19)12-7-10(15)2-3-13(12)16/h2-3,7,9,11H,4-6,8,17H2,1H3. The van der Waals surface area contributed by atoms with E-state index in [9.17, 15) is 9.18 Å². The van der Waals surface area contributed by atoms with Crippen molar-refractivity contribution >= 4 is 28.5 Å². The summed E-state index contributed by atoms with van der Waals surface area (Å²) < 4.78 is 14.1. The summed E-state index contributed by atoms with van der Waals surface area (Å²) in [5, 5.41) is 0. The quantitative estimate of drug-likeness (QED) is 0.807. The fraction of sp³-hybridized carbons (Fsp3) is 0.500. The number of nitrogens with zero attached hydrogens (tertiary/aromatic N) is 1. The number of benzene rings is 1. The molecule has 0 saturated carbocycles. The van der Waals surface area contributed by atoms with Crippen LogP contribution in [0.5, 0.6) is 0 Å². The van der Waals surface area contributed by atoms with Gasteiger partial charge in [0, 0.05) is 22.7 Å². The molecule has 0 radical (unpaired) electrons. The molecule has 1 aliphatic heterocycles. The van der Waals surface area contributed by atoms with E-state index in [0.717, 1.165) is 16.4 Å². The highest BCUT2D eigenvalue weighted by molar-refractivity contribution is 14.1. The van der Waals surface area contributed by atoms with E-state index in [1.54, 1.807) is 11.0 Å². The highest BCUT2D eigenvalue weighted by Gasteiger charge is 2.30. The minimum absolute atomic E-state index is 0.0651. The molecule has 3 nitrogen and oxygen atoms in total. The Balaban J connectivity index is 2.25. The van der Waals surface area contributed by atoms with E-state index in [1.165, 1.54) is 12.1 Å². The number of nitrogens with two attached hydrogens (primary N) is 1. The van der Waals surface area contributed by atoms with Crippen molar-refractivity contribution in [2.45, 2.75) is 25.8 Å². The maximum atomic E-state index is 13.3. The first-order valence-corrected chi connectivity index (χ1v) is 7.57. The van der Waals surface area contributed by atoms with Crippen LogP contribution < -0.4 is 5.73 Å². The van der Waals surface area contributed by atoms with Crippen molar-refractivity contribution < 1.29 is 9.18 Å². The Morgan fingerprint density at radius 3 is 3.00 bits per heavy atom. The smallest absolute Gasteiger partial charge is 0.255 e. The first-order valence-electron chi connectivity index (χ1n) is 6.49. The topological polar surface area (TPSA) is 46.3 Å². The van der Waals surface area contributed by atoms with Gasteiger partial charge in [0.2, 0.25) is 0 Å². The van der Waals surface area contributed by atoms with Crippen molar-refractivity contribution in [3.8, 4) is 0 Å². The Bertz CT molecular complexity index is 481. The average molecular weight is 376 g/mol. The van der Waals surface area contributed by atoms with Crippen LogP contribution in [0.2, 0.25) is 0 Å². The fourth-order valence-corrected chi connectivity index (χ4v) is 3.12. The van der Waals surface area contributed by atoms with E-state index in [0.29, 0.717) is 24.6 Å². The lowest BCUT2D eigenvalue weighted by Crippen LogP contribution is -2.49.